The Kier molecular flexibility index (Phi) is 7.84. The molecule has 36 heavy (non-hydrogen) atoms. The molecule has 4 atom stereocenters. The number of rotatable bonds is 9. The van der Waals surface area contributed by atoms with E-state index < -0.39 is 36.4 Å². The fraction of sp³-hybridized carbons (Fsp3) is 0.409. The molecule has 5 N–H and O–H groups in total. The average molecular weight is 520 g/mol. The van der Waals surface area contributed by atoms with Crippen molar-refractivity contribution in [3.05, 3.63) is 41.4 Å². The fourth-order valence-corrected chi connectivity index (χ4v) is 4.01. The quantitative estimate of drug-likeness (QED) is 0.287. The van der Waals surface area contributed by atoms with Gasteiger partial charge < -0.3 is 35.7 Å². The monoisotopic (exact) mass is 519 g/mol. The van der Waals surface area contributed by atoms with Crippen LogP contribution in [0.4, 0.5) is 5.82 Å². The molecule has 0 radical (unpaired) electrons. The molecule has 0 saturated carbocycles. The highest BCUT2D eigenvalue weighted by Gasteiger charge is 2.46. The molecule has 1 aromatic carbocycles. The number of benzene rings is 1. The van der Waals surface area contributed by atoms with E-state index in [2.05, 4.69) is 25.6 Å². The van der Waals surface area contributed by atoms with Gasteiger partial charge in [0.2, 0.25) is 0 Å². The lowest BCUT2D eigenvalue weighted by atomic mass is 10.1. The van der Waals surface area contributed by atoms with Crippen molar-refractivity contribution in [1.29, 1.82) is 0 Å². The van der Waals surface area contributed by atoms with Crippen LogP contribution in [0.25, 0.3) is 11.2 Å². The fourth-order valence-electron chi connectivity index (χ4n) is 3.81. The first-order chi connectivity index (χ1) is 17.3. The standard InChI is InChI=1S/C22H26ClN7O6/c1-3-34-14(31)8-35-13-5-4-12(23)6-11(13)7-26-19-16-20(28-9-27-19)30(10-29-16)22-17(32)15(24)18(36-22)21(33)25-2/h4-6,9-10,15,17-18,22,32H,3,7-8,24H2,1-2H3,(H,25,33)(H,26,27,28). The summed E-state index contributed by atoms with van der Waals surface area (Å²) in [4.78, 5) is 36.6. The number of nitrogens with two attached hydrogens (primary N) is 1. The van der Waals surface area contributed by atoms with Crippen molar-refractivity contribution in [2.24, 2.45) is 5.73 Å². The lowest BCUT2D eigenvalue weighted by Gasteiger charge is -2.17. The van der Waals surface area contributed by atoms with Gasteiger partial charge in [-0.05, 0) is 25.1 Å². The Morgan fingerprint density at radius 3 is 2.86 bits per heavy atom. The number of aliphatic hydroxyl groups is 1. The summed E-state index contributed by atoms with van der Waals surface area (Å²) in [6.07, 6.45) is -0.392. The van der Waals surface area contributed by atoms with Crippen molar-refractivity contribution in [1.82, 2.24) is 24.8 Å². The molecule has 4 rings (SSSR count). The average Bonchev–Trinajstić information content (AvgIpc) is 3.43. The summed E-state index contributed by atoms with van der Waals surface area (Å²) < 4.78 is 17.7. The van der Waals surface area contributed by atoms with Gasteiger partial charge in [0.25, 0.3) is 5.91 Å². The van der Waals surface area contributed by atoms with E-state index in [1.165, 1.54) is 24.3 Å². The second-order valence-corrected chi connectivity index (χ2v) is 8.31. The Morgan fingerprint density at radius 2 is 2.11 bits per heavy atom. The van der Waals surface area contributed by atoms with E-state index in [1.54, 1.807) is 25.1 Å². The number of hydrogen-bond donors (Lipinski definition) is 4. The summed E-state index contributed by atoms with van der Waals surface area (Å²) in [5, 5.41) is 16.7. The van der Waals surface area contributed by atoms with Gasteiger partial charge in [-0.15, -0.1) is 0 Å². The van der Waals surface area contributed by atoms with E-state index >= 15 is 0 Å². The molecule has 2 aromatic heterocycles. The van der Waals surface area contributed by atoms with Gasteiger partial charge in [-0.2, -0.15) is 0 Å². The molecule has 1 saturated heterocycles. The first-order valence-corrected chi connectivity index (χ1v) is 11.5. The van der Waals surface area contributed by atoms with Crippen LogP contribution in [-0.2, 0) is 25.6 Å². The zero-order chi connectivity index (χ0) is 25.8. The maximum Gasteiger partial charge on any atom is 0.344 e. The second kappa shape index (κ2) is 11.0. The highest BCUT2D eigenvalue weighted by molar-refractivity contribution is 6.30. The van der Waals surface area contributed by atoms with E-state index in [0.29, 0.717) is 33.3 Å². The van der Waals surface area contributed by atoms with Crippen molar-refractivity contribution in [3.8, 4) is 5.75 Å². The molecule has 1 fully saturated rings. The molecular formula is C22H26ClN7O6. The maximum atomic E-state index is 12.1. The molecule has 0 aliphatic carbocycles. The molecule has 0 bridgehead atoms. The predicted molar refractivity (Wildman–Crippen MR) is 128 cm³/mol. The molecule has 14 heteroatoms. The minimum atomic E-state index is -1.17. The number of carbonyl (C=O) groups excluding carboxylic acids is 2. The number of amides is 1. The molecule has 192 valence electrons. The Bertz CT molecular complexity index is 1250. The van der Waals surface area contributed by atoms with Gasteiger partial charge in [-0.3, -0.25) is 9.36 Å². The van der Waals surface area contributed by atoms with Crippen LogP contribution in [0.1, 0.15) is 18.7 Å². The number of hydrogen-bond acceptors (Lipinski definition) is 11. The minimum absolute atomic E-state index is 0.240. The van der Waals surface area contributed by atoms with Crippen LogP contribution in [0.2, 0.25) is 5.02 Å². The smallest absolute Gasteiger partial charge is 0.344 e. The number of esters is 1. The van der Waals surface area contributed by atoms with Gasteiger partial charge in [0.15, 0.2) is 35.9 Å². The number of aromatic nitrogens is 4. The minimum Gasteiger partial charge on any atom is -0.482 e. The molecule has 3 heterocycles. The van der Waals surface area contributed by atoms with Gasteiger partial charge in [-0.25, -0.2) is 19.7 Å². The summed E-state index contributed by atoms with van der Waals surface area (Å²) in [7, 11) is 1.46. The number of nitrogens with zero attached hydrogens (tertiary/aromatic N) is 4. The number of carbonyl (C=O) groups is 2. The molecule has 0 spiro atoms. The Balaban J connectivity index is 1.54. The molecule has 13 nitrogen and oxygen atoms in total. The molecular weight excluding hydrogens is 494 g/mol. The van der Waals surface area contributed by atoms with Gasteiger partial charge in [0.1, 0.15) is 18.2 Å². The second-order valence-electron chi connectivity index (χ2n) is 7.88. The zero-order valence-corrected chi connectivity index (χ0v) is 20.3. The zero-order valence-electron chi connectivity index (χ0n) is 19.6. The van der Waals surface area contributed by atoms with Crippen LogP contribution in [0.15, 0.2) is 30.9 Å². The van der Waals surface area contributed by atoms with E-state index in [0.717, 1.165) is 0 Å². The van der Waals surface area contributed by atoms with Crippen molar-refractivity contribution in [2.75, 3.05) is 25.6 Å². The Labute approximate surface area is 210 Å². The van der Waals surface area contributed by atoms with Crippen LogP contribution < -0.4 is 21.1 Å². The lowest BCUT2D eigenvalue weighted by molar-refractivity contribution is -0.145. The first-order valence-electron chi connectivity index (χ1n) is 11.1. The van der Waals surface area contributed by atoms with Crippen molar-refractivity contribution in [3.63, 3.8) is 0 Å². The van der Waals surface area contributed by atoms with Crippen LogP contribution >= 0.6 is 11.6 Å². The number of fused-ring (bicyclic) bond motifs is 1. The van der Waals surface area contributed by atoms with Crippen molar-refractivity contribution in [2.45, 2.75) is 37.9 Å². The number of anilines is 1. The molecule has 4 unspecified atom stereocenters. The summed E-state index contributed by atoms with van der Waals surface area (Å²) >= 11 is 6.16. The summed E-state index contributed by atoms with van der Waals surface area (Å²) in [5.41, 5.74) is 7.45. The summed E-state index contributed by atoms with van der Waals surface area (Å²) in [6, 6.07) is 4.09. The van der Waals surface area contributed by atoms with Gasteiger partial charge in [0.05, 0.1) is 19.0 Å². The highest BCUT2D eigenvalue weighted by Crippen LogP contribution is 2.32. The third-order valence-corrected chi connectivity index (χ3v) is 5.81. The van der Waals surface area contributed by atoms with Gasteiger partial charge in [0, 0.05) is 24.2 Å². The van der Waals surface area contributed by atoms with Crippen LogP contribution in [0, 0.1) is 0 Å². The van der Waals surface area contributed by atoms with Gasteiger partial charge >= 0.3 is 5.97 Å². The topological polar surface area (TPSA) is 176 Å². The van der Waals surface area contributed by atoms with Gasteiger partial charge in [-0.1, -0.05) is 11.6 Å². The first kappa shape index (κ1) is 25.6. The molecule has 1 amide bonds. The van der Waals surface area contributed by atoms with E-state index in [4.69, 9.17) is 31.5 Å². The third-order valence-electron chi connectivity index (χ3n) is 5.58. The highest BCUT2D eigenvalue weighted by atomic mass is 35.5. The summed E-state index contributed by atoms with van der Waals surface area (Å²) in [6.45, 7) is 1.97. The van der Waals surface area contributed by atoms with Crippen LogP contribution in [-0.4, -0.2) is 75.0 Å². The number of halogens is 1. The lowest BCUT2D eigenvalue weighted by Crippen LogP contribution is -2.46. The Hall–Kier alpha value is -3.52. The van der Waals surface area contributed by atoms with Crippen LogP contribution in [0.5, 0.6) is 5.75 Å². The van der Waals surface area contributed by atoms with E-state index in [1.807, 2.05) is 0 Å². The Morgan fingerprint density at radius 1 is 1.31 bits per heavy atom. The number of likely N-dealkylation sites (N-methyl/N-ethyl adjacent to an activating group) is 1. The number of imidazole rings is 1. The summed E-state index contributed by atoms with van der Waals surface area (Å²) in [5.74, 6) is -0.0701. The third kappa shape index (κ3) is 5.18. The number of nitrogens with one attached hydrogen (secondary N) is 2. The predicted octanol–water partition coefficient (Wildman–Crippen LogP) is 0.365. The molecule has 1 aliphatic rings. The van der Waals surface area contributed by atoms with Crippen molar-refractivity contribution < 1.29 is 28.9 Å². The van der Waals surface area contributed by atoms with Crippen LogP contribution in [0.3, 0.4) is 0 Å². The largest absolute Gasteiger partial charge is 0.482 e. The SMILES string of the molecule is CCOC(=O)COc1ccc(Cl)cc1CNc1ncnc2c1ncn2C1OC(C(=O)NC)C(N)C1O. The van der Waals surface area contributed by atoms with Crippen molar-refractivity contribution >= 4 is 40.5 Å². The van der Waals surface area contributed by atoms with E-state index in [-0.39, 0.29) is 19.8 Å². The number of ether oxygens (including phenoxy) is 3. The molecule has 3 aromatic rings. The van der Waals surface area contributed by atoms with E-state index in [9.17, 15) is 14.7 Å². The number of aliphatic hydroxyl groups excluding tert-OH is 1. The maximum absolute atomic E-state index is 12.1. The molecule has 1 aliphatic heterocycles. The normalized spacial score (nSPS) is 21.4.